The van der Waals surface area contributed by atoms with Crippen LogP contribution < -0.4 is 5.32 Å². The van der Waals surface area contributed by atoms with E-state index in [0.29, 0.717) is 19.5 Å². The van der Waals surface area contributed by atoms with E-state index in [1.807, 2.05) is 51.1 Å². The van der Waals surface area contributed by atoms with Gasteiger partial charge in [0, 0.05) is 31.5 Å². The van der Waals surface area contributed by atoms with Gasteiger partial charge in [0.25, 0.3) is 0 Å². The third kappa shape index (κ3) is 2.78. The van der Waals surface area contributed by atoms with E-state index in [-0.39, 0.29) is 36.5 Å². The van der Waals surface area contributed by atoms with Crippen molar-refractivity contribution in [1.29, 1.82) is 0 Å². The Hall–Kier alpha value is -2.08. The molecule has 2 fully saturated rings. The summed E-state index contributed by atoms with van der Waals surface area (Å²) in [7, 11) is 0. The fraction of sp³-hybridized carbons (Fsp3) is 0.579. The minimum atomic E-state index is -0.418. The van der Waals surface area contributed by atoms with Crippen molar-refractivity contribution in [3.8, 4) is 0 Å². The molecule has 1 spiro atoms. The van der Waals surface area contributed by atoms with Gasteiger partial charge >= 0.3 is 6.03 Å². The van der Waals surface area contributed by atoms with Crippen LogP contribution in [0.25, 0.3) is 0 Å². The molecule has 2 atom stereocenters. The summed E-state index contributed by atoms with van der Waals surface area (Å²) in [4.78, 5) is 28.3. The zero-order valence-electron chi connectivity index (χ0n) is 15.1. The van der Waals surface area contributed by atoms with Gasteiger partial charge in [-0.25, -0.2) is 4.79 Å². The lowest BCUT2D eigenvalue weighted by atomic mass is 9.61. The van der Waals surface area contributed by atoms with E-state index < -0.39 is 5.54 Å². The molecule has 6 heteroatoms. The van der Waals surface area contributed by atoms with Crippen molar-refractivity contribution in [2.45, 2.75) is 50.7 Å². The Kier molecular flexibility index (Phi) is 4.73. The second-order valence-electron chi connectivity index (χ2n) is 7.32. The van der Waals surface area contributed by atoms with Crippen LogP contribution in [0.2, 0.25) is 0 Å². The molecule has 0 bridgehead atoms. The SMILES string of the molecule is CCC(=O)N1CC2(C1)[C@@H](c1ccccc1)[C@@H](CO)N2C(=O)NC(C)C. The van der Waals surface area contributed by atoms with Crippen LogP contribution >= 0.6 is 0 Å². The molecule has 1 aromatic carbocycles. The first-order valence-corrected chi connectivity index (χ1v) is 8.98. The van der Waals surface area contributed by atoms with Crippen LogP contribution in [0.5, 0.6) is 0 Å². The second kappa shape index (κ2) is 6.67. The number of nitrogens with one attached hydrogen (secondary N) is 1. The number of benzene rings is 1. The molecule has 25 heavy (non-hydrogen) atoms. The summed E-state index contributed by atoms with van der Waals surface area (Å²) in [5, 5.41) is 12.9. The summed E-state index contributed by atoms with van der Waals surface area (Å²) in [6.45, 7) is 6.65. The fourth-order valence-electron chi connectivity index (χ4n) is 4.32. The van der Waals surface area contributed by atoms with Crippen LogP contribution in [0.1, 0.15) is 38.7 Å². The smallest absolute Gasteiger partial charge is 0.318 e. The average molecular weight is 345 g/mol. The van der Waals surface area contributed by atoms with Gasteiger partial charge in [0.05, 0.1) is 18.2 Å². The van der Waals surface area contributed by atoms with Crippen LogP contribution in [-0.4, -0.2) is 64.2 Å². The summed E-state index contributed by atoms with van der Waals surface area (Å²) in [6, 6.07) is 9.58. The highest BCUT2D eigenvalue weighted by molar-refractivity contribution is 5.81. The molecule has 3 rings (SSSR count). The Bertz CT molecular complexity index is 641. The number of hydrogen-bond donors (Lipinski definition) is 2. The minimum absolute atomic E-state index is 0.0214. The zero-order chi connectivity index (χ0) is 18.2. The van der Waals surface area contributed by atoms with E-state index in [9.17, 15) is 14.7 Å². The van der Waals surface area contributed by atoms with Crippen LogP contribution in [0, 0.1) is 0 Å². The van der Waals surface area contributed by atoms with Gasteiger partial charge in [0.15, 0.2) is 0 Å². The van der Waals surface area contributed by atoms with Gasteiger partial charge in [-0.2, -0.15) is 0 Å². The Morgan fingerprint density at radius 2 is 1.92 bits per heavy atom. The molecular formula is C19H27N3O3. The first-order valence-electron chi connectivity index (χ1n) is 8.98. The molecule has 2 N–H and O–H groups in total. The van der Waals surface area contributed by atoms with Crippen molar-refractivity contribution in [2.75, 3.05) is 19.7 Å². The quantitative estimate of drug-likeness (QED) is 0.870. The van der Waals surface area contributed by atoms with Gasteiger partial charge in [0.2, 0.25) is 5.91 Å². The molecule has 2 aliphatic rings. The third-order valence-corrected chi connectivity index (χ3v) is 5.34. The van der Waals surface area contributed by atoms with Crippen molar-refractivity contribution in [3.63, 3.8) is 0 Å². The number of nitrogens with zero attached hydrogens (tertiary/aromatic N) is 2. The maximum absolute atomic E-state index is 12.7. The molecule has 2 aliphatic heterocycles. The monoisotopic (exact) mass is 345 g/mol. The standard InChI is InChI=1S/C19H27N3O3/c1-4-16(24)21-11-19(12-21)17(14-8-6-5-7-9-14)15(10-23)22(19)18(25)20-13(2)3/h5-9,13,15,17,23H,4,10-12H2,1-3H3,(H,20,25)/t15-,17+/m1/s1. The molecule has 0 unspecified atom stereocenters. The molecular weight excluding hydrogens is 318 g/mol. The number of carbonyl (C=O) groups is 2. The first-order chi connectivity index (χ1) is 11.9. The van der Waals surface area contributed by atoms with Gasteiger partial charge < -0.3 is 20.2 Å². The van der Waals surface area contributed by atoms with Gasteiger partial charge in [-0.15, -0.1) is 0 Å². The van der Waals surface area contributed by atoms with E-state index >= 15 is 0 Å². The van der Waals surface area contributed by atoms with Crippen molar-refractivity contribution < 1.29 is 14.7 Å². The molecule has 0 saturated carbocycles. The molecule has 2 heterocycles. The molecule has 136 valence electrons. The molecule has 0 aromatic heterocycles. The number of hydrogen-bond acceptors (Lipinski definition) is 3. The largest absolute Gasteiger partial charge is 0.394 e. The summed E-state index contributed by atoms with van der Waals surface area (Å²) < 4.78 is 0. The normalized spacial score (nSPS) is 24.0. The molecule has 1 aromatic rings. The van der Waals surface area contributed by atoms with E-state index in [4.69, 9.17) is 0 Å². The predicted octanol–water partition coefficient (Wildman–Crippen LogP) is 1.56. The van der Waals surface area contributed by atoms with E-state index in [1.165, 1.54) is 0 Å². The topological polar surface area (TPSA) is 72.9 Å². The number of likely N-dealkylation sites (tertiary alicyclic amines) is 2. The summed E-state index contributed by atoms with van der Waals surface area (Å²) >= 11 is 0. The van der Waals surface area contributed by atoms with E-state index in [0.717, 1.165) is 5.56 Å². The zero-order valence-corrected chi connectivity index (χ0v) is 15.1. The predicted molar refractivity (Wildman–Crippen MR) is 95.2 cm³/mol. The number of urea groups is 1. The van der Waals surface area contributed by atoms with Crippen molar-refractivity contribution in [1.82, 2.24) is 15.1 Å². The number of rotatable bonds is 4. The second-order valence-corrected chi connectivity index (χ2v) is 7.32. The maximum atomic E-state index is 12.7. The lowest BCUT2D eigenvalue weighted by Gasteiger charge is -2.70. The number of aliphatic hydroxyl groups is 1. The van der Waals surface area contributed by atoms with Crippen molar-refractivity contribution >= 4 is 11.9 Å². The van der Waals surface area contributed by atoms with E-state index in [1.54, 1.807) is 9.80 Å². The van der Waals surface area contributed by atoms with Gasteiger partial charge in [0.1, 0.15) is 0 Å². The highest BCUT2D eigenvalue weighted by Gasteiger charge is 2.68. The van der Waals surface area contributed by atoms with Crippen LogP contribution in [0.4, 0.5) is 4.79 Å². The van der Waals surface area contributed by atoms with Gasteiger partial charge in [-0.3, -0.25) is 4.79 Å². The lowest BCUT2D eigenvalue weighted by Crippen LogP contribution is -2.86. The van der Waals surface area contributed by atoms with Crippen LogP contribution in [0.3, 0.4) is 0 Å². The third-order valence-electron chi connectivity index (χ3n) is 5.34. The number of carbonyl (C=O) groups excluding carboxylic acids is 2. The maximum Gasteiger partial charge on any atom is 0.318 e. The van der Waals surface area contributed by atoms with Crippen LogP contribution in [-0.2, 0) is 4.79 Å². The highest BCUT2D eigenvalue weighted by atomic mass is 16.3. The van der Waals surface area contributed by atoms with Crippen molar-refractivity contribution in [3.05, 3.63) is 35.9 Å². The summed E-state index contributed by atoms with van der Waals surface area (Å²) in [6.07, 6.45) is 0.466. The number of amides is 3. The van der Waals surface area contributed by atoms with Crippen molar-refractivity contribution in [2.24, 2.45) is 0 Å². The minimum Gasteiger partial charge on any atom is -0.394 e. The number of aliphatic hydroxyl groups excluding tert-OH is 1. The van der Waals surface area contributed by atoms with E-state index in [2.05, 4.69) is 5.32 Å². The molecule has 6 nitrogen and oxygen atoms in total. The first kappa shape index (κ1) is 17.7. The van der Waals surface area contributed by atoms with Crippen LogP contribution in [0.15, 0.2) is 30.3 Å². The fourth-order valence-corrected chi connectivity index (χ4v) is 4.32. The Morgan fingerprint density at radius 1 is 1.28 bits per heavy atom. The van der Waals surface area contributed by atoms with Gasteiger partial charge in [-0.05, 0) is 19.4 Å². The molecule has 2 saturated heterocycles. The molecule has 0 aliphatic carbocycles. The average Bonchev–Trinajstić information content (AvgIpc) is 2.52. The Labute approximate surface area is 148 Å². The Morgan fingerprint density at radius 3 is 2.44 bits per heavy atom. The summed E-state index contributed by atoms with van der Waals surface area (Å²) in [5.74, 6) is 0.145. The molecule has 3 amide bonds. The highest BCUT2D eigenvalue weighted by Crippen LogP contribution is 2.53. The lowest BCUT2D eigenvalue weighted by molar-refractivity contribution is -0.177. The Balaban J connectivity index is 1.90. The summed E-state index contributed by atoms with van der Waals surface area (Å²) in [5.41, 5.74) is 0.692. The van der Waals surface area contributed by atoms with Gasteiger partial charge in [-0.1, -0.05) is 37.3 Å². The molecule has 0 radical (unpaired) electrons.